The van der Waals surface area contributed by atoms with Gasteiger partial charge in [0.05, 0.1) is 6.10 Å². The fraction of sp³-hybridized carbons (Fsp3) is 0.778. The molecule has 0 aromatic rings. The third kappa shape index (κ3) is 1.82. The van der Waals surface area contributed by atoms with Crippen molar-refractivity contribution in [2.45, 2.75) is 32.4 Å². The predicted octanol–water partition coefficient (Wildman–Crippen LogP) is 1.49. The zero-order valence-electron chi connectivity index (χ0n) is 7.55. The van der Waals surface area contributed by atoms with Gasteiger partial charge in [-0.3, -0.25) is 0 Å². The molecule has 70 valence electrons. The Hall–Kier alpha value is -0.0500. The van der Waals surface area contributed by atoms with Crippen molar-refractivity contribution in [3.8, 4) is 0 Å². The van der Waals surface area contributed by atoms with Crippen LogP contribution in [0.3, 0.4) is 0 Å². The number of rotatable bonds is 3. The zero-order valence-corrected chi connectivity index (χ0v) is 8.30. The number of aliphatic hydroxyl groups excluding tert-OH is 1. The van der Waals surface area contributed by atoms with Gasteiger partial charge in [-0.1, -0.05) is 31.5 Å². The highest BCUT2D eigenvalue weighted by Crippen LogP contribution is 2.40. The van der Waals surface area contributed by atoms with Crippen molar-refractivity contribution in [1.29, 1.82) is 0 Å². The van der Waals surface area contributed by atoms with Gasteiger partial charge in [0.1, 0.15) is 0 Å². The van der Waals surface area contributed by atoms with E-state index in [1.807, 2.05) is 6.08 Å². The summed E-state index contributed by atoms with van der Waals surface area (Å²) in [7, 11) is 0. The highest BCUT2D eigenvalue weighted by atomic mass is 35.5. The summed E-state index contributed by atoms with van der Waals surface area (Å²) in [6.07, 6.45) is 2.56. The lowest BCUT2D eigenvalue weighted by molar-refractivity contribution is -0.0712. The van der Waals surface area contributed by atoms with Crippen LogP contribution in [0.2, 0.25) is 0 Å². The number of aliphatic hydroxyl groups is 1. The third-order valence-corrected chi connectivity index (χ3v) is 2.97. The van der Waals surface area contributed by atoms with Crippen LogP contribution in [-0.2, 0) is 0 Å². The first kappa shape index (κ1) is 10.0. The van der Waals surface area contributed by atoms with E-state index in [-0.39, 0.29) is 11.5 Å². The van der Waals surface area contributed by atoms with E-state index in [2.05, 4.69) is 19.2 Å². The molecule has 1 aliphatic rings. The first-order valence-corrected chi connectivity index (χ1v) is 4.69. The van der Waals surface area contributed by atoms with Gasteiger partial charge in [-0.05, 0) is 6.42 Å². The molecule has 0 aromatic carbocycles. The van der Waals surface area contributed by atoms with E-state index >= 15 is 0 Å². The van der Waals surface area contributed by atoms with Gasteiger partial charge < -0.3 is 10.4 Å². The Morgan fingerprint density at radius 3 is 2.75 bits per heavy atom. The van der Waals surface area contributed by atoms with Crippen molar-refractivity contribution < 1.29 is 5.11 Å². The molecule has 2 unspecified atom stereocenters. The molecule has 1 saturated carbocycles. The molecule has 12 heavy (non-hydrogen) atoms. The van der Waals surface area contributed by atoms with Crippen LogP contribution in [0.25, 0.3) is 0 Å². The van der Waals surface area contributed by atoms with E-state index in [0.717, 1.165) is 13.0 Å². The molecule has 0 radical (unpaired) electrons. The number of halogens is 1. The largest absolute Gasteiger partial charge is 0.392 e. The van der Waals surface area contributed by atoms with E-state index < -0.39 is 0 Å². The number of hydrogen-bond acceptors (Lipinski definition) is 2. The fourth-order valence-corrected chi connectivity index (χ4v) is 1.59. The monoisotopic (exact) mass is 189 g/mol. The Bertz CT molecular complexity index is 179. The zero-order chi connectivity index (χ0) is 9.19. The van der Waals surface area contributed by atoms with Crippen molar-refractivity contribution in [1.82, 2.24) is 5.32 Å². The fourth-order valence-electron chi connectivity index (χ4n) is 1.50. The molecule has 3 heteroatoms. The van der Waals surface area contributed by atoms with Crippen molar-refractivity contribution in [3.63, 3.8) is 0 Å². The lowest BCUT2D eigenvalue weighted by atomic mass is 9.64. The molecule has 0 spiro atoms. The van der Waals surface area contributed by atoms with Crippen LogP contribution in [0.15, 0.2) is 11.6 Å². The maximum atomic E-state index is 9.42. The minimum Gasteiger partial charge on any atom is -0.392 e. The smallest absolute Gasteiger partial charge is 0.0621 e. The van der Waals surface area contributed by atoms with E-state index in [4.69, 9.17) is 11.6 Å². The highest BCUT2D eigenvalue weighted by molar-refractivity contribution is 6.25. The normalized spacial score (nSPS) is 33.7. The average molecular weight is 190 g/mol. The summed E-state index contributed by atoms with van der Waals surface area (Å²) in [5, 5.41) is 12.7. The van der Waals surface area contributed by atoms with Crippen molar-refractivity contribution in [2.75, 3.05) is 6.54 Å². The first-order valence-electron chi connectivity index (χ1n) is 4.25. The van der Waals surface area contributed by atoms with E-state index in [0.29, 0.717) is 6.04 Å². The molecule has 0 amide bonds. The Kier molecular flexibility index (Phi) is 3.16. The molecule has 1 aliphatic carbocycles. The second-order valence-corrected chi connectivity index (χ2v) is 4.15. The van der Waals surface area contributed by atoms with Gasteiger partial charge in [0.15, 0.2) is 0 Å². The summed E-state index contributed by atoms with van der Waals surface area (Å²) in [6, 6.07) is 0.417. The molecule has 2 N–H and O–H groups in total. The summed E-state index contributed by atoms with van der Waals surface area (Å²) < 4.78 is 0. The number of hydrogen-bond donors (Lipinski definition) is 2. The second-order valence-electron chi connectivity index (χ2n) is 3.90. The van der Waals surface area contributed by atoms with Crippen LogP contribution in [0.1, 0.15) is 20.3 Å². The molecular formula is C9H16ClNO. The van der Waals surface area contributed by atoms with Crippen LogP contribution >= 0.6 is 11.6 Å². The van der Waals surface area contributed by atoms with E-state index in [1.165, 1.54) is 5.54 Å². The minimum absolute atomic E-state index is 0.0140. The van der Waals surface area contributed by atoms with Gasteiger partial charge >= 0.3 is 0 Å². The first-order chi connectivity index (χ1) is 5.59. The molecule has 2 nitrogen and oxygen atoms in total. The third-order valence-electron chi connectivity index (χ3n) is 2.79. The summed E-state index contributed by atoms with van der Waals surface area (Å²) in [6.45, 7) is 4.93. The predicted molar refractivity (Wildman–Crippen MR) is 51.2 cm³/mol. The van der Waals surface area contributed by atoms with Gasteiger partial charge in [0.2, 0.25) is 0 Å². The Morgan fingerprint density at radius 1 is 1.67 bits per heavy atom. The summed E-state index contributed by atoms with van der Waals surface area (Å²) in [5.74, 6) is 0. The SMILES string of the molecule is CC1(C)C(O)CC1NC/C=C/Cl. The molecule has 0 aromatic heterocycles. The molecule has 0 saturated heterocycles. The van der Waals surface area contributed by atoms with Crippen LogP contribution < -0.4 is 5.32 Å². The summed E-state index contributed by atoms with van der Waals surface area (Å²) in [5.41, 5.74) is 1.52. The second kappa shape index (κ2) is 3.77. The van der Waals surface area contributed by atoms with Crippen molar-refractivity contribution in [3.05, 3.63) is 11.6 Å². The lowest BCUT2D eigenvalue weighted by Crippen LogP contribution is -2.59. The quantitative estimate of drug-likeness (QED) is 0.705. The van der Waals surface area contributed by atoms with Crippen LogP contribution in [0.4, 0.5) is 0 Å². The van der Waals surface area contributed by atoms with Gasteiger partial charge in [-0.2, -0.15) is 0 Å². The lowest BCUT2D eigenvalue weighted by Gasteiger charge is -2.49. The molecular weight excluding hydrogens is 174 g/mol. The highest BCUT2D eigenvalue weighted by Gasteiger charge is 2.46. The van der Waals surface area contributed by atoms with Crippen LogP contribution in [0, 0.1) is 5.41 Å². The molecule has 1 rings (SSSR count). The van der Waals surface area contributed by atoms with Crippen LogP contribution in [-0.4, -0.2) is 23.8 Å². The molecule has 0 bridgehead atoms. The van der Waals surface area contributed by atoms with E-state index in [1.54, 1.807) is 0 Å². The van der Waals surface area contributed by atoms with E-state index in [9.17, 15) is 5.11 Å². The molecule has 0 aliphatic heterocycles. The van der Waals surface area contributed by atoms with Gasteiger partial charge in [0.25, 0.3) is 0 Å². The topological polar surface area (TPSA) is 32.3 Å². The molecule has 0 heterocycles. The van der Waals surface area contributed by atoms with Crippen molar-refractivity contribution >= 4 is 11.6 Å². The van der Waals surface area contributed by atoms with Gasteiger partial charge in [0, 0.05) is 23.5 Å². The number of nitrogens with one attached hydrogen (secondary N) is 1. The Balaban J connectivity index is 2.27. The Labute approximate surface area is 78.6 Å². The van der Waals surface area contributed by atoms with Crippen molar-refractivity contribution in [2.24, 2.45) is 5.41 Å². The Morgan fingerprint density at radius 2 is 2.33 bits per heavy atom. The average Bonchev–Trinajstić information content (AvgIpc) is 2.04. The molecule has 2 atom stereocenters. The maximum absolute atomic E-state index is 9.42. The molecule has 1 fully saturated rings. The minimum atomic E-state index is -0.157. The summed E-state index contributed by atoms with van der Waals surface area (Å²) >= 11 is 5.38. The van der Waals surface area contributed by atoms with Gasteiger partial charge in [-0.15, -0.1) is 0 Å². The maximum Gasteiger partial charge on any atom is 0.0621 e. The summed E-state index contributed by atoms with van der Waals surface area (Å²) in [4.78, 5) is 0. The van der Waals surface area contributed by atoms with Crippen LogP contribution in [0.5, 0.6) is 0 Å². The van der Waals surface area contributed by atoms with Gasteiger partial charge in [-0.25, -0.2) is 0 Å². The standard InChI is InChI=1S/C9H16ClNO/c1-9(2)7(6-8(9)12)11-5-3-4-10/h3-4,7-8,11-12H,5-6H2,1-2H3/b4-3+.